The molecule has 0 saturated carbocycles. The maximum absolute atomic E-state index is 3.54. The molecule has 4 rings (SSSR count). The van der Waals surface area contributed by atoms with Crippen molar-refractivity contribution in [1.29, 1.82) is 0 Å². The summed E-state index contributed by atoms with van der Waals surface area (Å²) in [5, 5.41) is 8.31. The van der Waals surface area contributed by atoms with Gasteiger partial charge in [-0.25, -0.2) is 0 Å². The van der Waals surface area contributed by atoms with Crippen molar-refractivity contribution in [2.24, 2.45) is 7.05 Å². The zero-order valence-electron chi connectivity index (χ0n) is 11.8. The Bertz CT molecular complexity index is 917. The first-order valence-corrected chi connectivity index (χ1v) is 7.93. The summed E-state index contributed by atoms with van der Waals surface area (Å²) in [5.74, 6) is 0. The van der Waals surface area contributed by atoms with Gasteiger partial charge >= 0.3 is 0 Å². The Kier molecular flexibility index (Phi) is 2.93. The molecule has 2 heterocycles. The van der Waals surface area contributed by atoms with Gasteiger partial charge in [-0.15, -0.1) is 11.3 Å². The molecule has 2 nitrogen and oxygen atoms in total. The first-order valence-electron chi connectivity index (χ1n) is 7.05. The van der Waals surface area contributed by atoms with Crippen molar-refractivity contribution < 1.29 is 0 Å². The van der Waals surface area contributed by atoms with Crippen molar-refractivity contribution in [3.05, 3.63) is 65.7 Å². The minimum Gasteiger partial charge on any atom is -0.381 e. The lowest BCUT2D eigenvalue weighted by Gasteiger charge is -2.06. The van der Waals surface area contributed by atoms with Crippen LogP contribution in [-0.2, 0) is 13.6 Å². The van der Waals surface area contributed by atoms with E-state index in [4.69, 9.17) is 0 Å². The zero-order valence-corrected chi connectivity index (χ0v) is 12.7. The molecule has 0 aliphatic rings. The average molecular weight is 292 g/mol. The van der Waals surface area contributed by atoms with Crippen molar-refractivity contribution in [1.82, 2.24) is 4.57 Å². The van der Waals surface area contributed by atoms with Crippen molar-refractivity contribution in [3.8, 4) is 0 Å². The van der Waals surface area contributed by atoms with Crippen molar-refractivity contribution in [2.75, 3.05) is 5.32 Å². The highest BCUT2D eigenvalue weighted by atomic mass is 32.1. The fraction of sp³-hybridized carbons (Fsp3) is 0.111. The lowest BCUT2D eigenvalue weighted by molar-refractivity contribution is 0.956. The number of rotatable bonds is 3. The Morgan fingerprint density at radius 2 is 2.00 bits per heavy atom. The Hall–Kier alpha value is -2.26. The van der Waals surface area contributed by atoms with Crippen LogP contribution in [0.1, 0.15) is 5.56 Å². The number of benzene rings is 2. The Morgan fingerprint density at radius 3 is 2.95 bits per heavy atom. The molecule has 2 aromatic carbocycles. The number of fused-ring (bicyclic) bond motifs is 2. The highest BCUT2D eigenvalue weighted by Crippen LogP contribution is 2.25. The third kappa shape index (κ3) is 2.20. The van der Waals surface area contributed by atoms with Gasteiger partial charge in [0.25, 0.3) is 0 Å². The van der Waals surface area contributed by atoms with E-state index in [1.165, 1.54) is 32.2 Å². The first-order chi connectivity index (χ1) is 10.3. The van der Waals surface area contributed by atoms with Gasteiger partial charge in [0.2, 0.25) is 0 Å². The number of aromatic nitrogens is 1. The summed E-state index contributed by atoms with van der Waals surface area (Å²) < 4.78 is 3.53. The van der Waals surface area contributed by atoms with Crippen molar-refractivity contribution >= 4 is 38.0 Å². The SMILES string of the molecule is Cn1cc(CNc2ccc3sccc3c2)c2ccccc21. The van der Waals surface area contributed by atoms with Crippen LogP contribution in [0, 0.1) is 0 Å². The summed E-state index contributed by atoms with van der Waals surface area (Å²) in [4.78, 5) is 0. The van der Waals surface area contributed by atoms with Crippen LogP contribution in [0.15, 0.2) is 60.1 Å². The van der Waals surface area contributed by atoms with Crippen LogP contribution in [0.3, 0.4) is 0 Å². The highest BCUT2D eigenvalue weighted by molar-refractivity contribution is 7.17. The summed E-state index contributed by atoms with van der Waals surface area (Å²) in [7, 11) is 2.10. The standard InChI is InChI=1S/C18H16N2S/c1-20-12-14(16-4-2-3-5-17(16)20)11-19-15-6-7-18-13(10-15)8-9-21-18/h2-10,12,19H,11H2,1H3. The van der Waals surface area contributed by atoms with E-state index in [0.717, 1.165) is 6.54 Å². The van der Waals surface area contributed by atoms with Gasteiger partial charge in [-0.2, -0.15) is 0 Å². The number of hydrogen-bond acceptors (Lipinski definition) is 2. The predicted octanol–water partition coefficient (Wildman–Crippen LogP) is 5.01. The second-order valence-electron chi connectivity index (χ2n) is 5.31. The smallest absolute Gasteiger partial charge is 0.0481 e. The van der Waals surface area contributed by atoms with E-state index in [2.05, 4.69) is 77.0 Å². The molecule has 0 atom stereocenters. The van der Waals surface area contributed by atoms with E-state index in [0.29, 0.717) is 0 Å². The molecule has 1 N–H and O–H groups in total. The van der Waals surface area contributed by atoms with Gasteiger partial charge in [0.05, 0.1) is 0 Å². The summed E-state index contributed by atoms with van der Waals surface area (Å²) in [6.45, 7) is 0.844. The monoisotopic (exact) mass is 292 g/mol. The van der Waals surface area contributed by atoms with Gasteiger partial charge in [0.1, 0.15) is 0 Å². The van der Waals surface area contributed by atoms with Gasteiger partial charge in [-0.05, 0) is 46.7 Å². The number of para-hydroxylation sites is 1. The Labute approximate surface area is 127 Å². The molecule has 2 aromatic heterocycles. The quantitative estimate of drug-likeness (QED) is 0.562. The molecule has 0 aliphatic heterocycles. The van der Waals surface area contributed by atoms with E-state index in [1.54, 1.807) is 11.3 Å². The molecule has 0 unspecified atom stereocenters. The second-order valence-corrected chi connectivity index (χ2v) is 6.26. The number of nitrogens with zero attached hydrogens (tertiary/aromatic N) is 1. The van der Waals surface area contributed by atoms with Gasteiger partial charge < -0.3 is 9.88 Å². The molecule has 0 saturated heterocycles. The van der Waals surface area contributed by atoms with E-state index < -0.39 is 0 Å². The average Bonchev–Trinajstić information content (AvgIpc) is 3.10. The molecular formula is C18H16N2S. The van der Waals surface area contributed by atoms with E-state index in [9.17, 15) is 0 Å². The van der Waals surface area contributed by atoms with E-state index in [-0.39, 0.29) is 0 Å². The van der Waals surface area contributed by atoms with E-state index >= 15 is 0 Å². The van der Waals surface area contributed by atoms with E-state index in [1.807, 2.05) is 0 Å². The molecule has 0 fully saturated rings. The predicted molar refractivity (Wildman–Crippen MR) is 92.1 cm³/mol. The van der Waals surface area contributed by atoms with Crippen LogP contribution in [0.5, 0.6) is 0 Å². The molecule has 21 heavy (non-hydrogen) atoms. The molecule has 0 bridgehead atoms. The number of thiophene rings is 1. The minimum absolute atomic E-state index is 0.844. The molecule has 104 valence electrons. The molecule has 3 heteroatoms. The molecule has 0 aliphatic carbocycles. The summed E-state index contributed by atoms with van der Waals surface area (Å²) in [5.41, 5.74) is 3.79. The van der Waals surface area contributed by atoms with Gasteiger partial charge in [-0.3, -0.25) is 0 Å². The Morgan fingerprint density at radius 1 is 1.10 bits per heavy atom. The van der Waals surface area contributed by atoms with Gasteiger partial charge in [0.15, 0.2) is 0 Å². The van der Waals surface area contributed by atoms with Crippen LogP contribution in [-0.4, -0.2) is 4.57 Å². The van der Waals surface area contributed by atoms with Gasteiger partial charge in [0, 0.05) is 41.1 Å². The molecule has 0 spiro atoms. The second kappa shape index (κ2) is 4.93. The summed E-state index contributed by atoms with van der Waals surface area (Å²) >= 11 is 1.78. The molecule has 0 amide bonds. The van der Waals surface area contributed by atoms with Crippen LogP contribution in [0.25, 0.3) is 21.0 Å². The van der Waals surface area contributed by atoms with Crippen LogP contribution >= 0.6 is 11.3 Å². The zero-order chi connectivity index (χ0) is 14.2. The Balaban J connectivity index is 1.63. The lowest BCUT2D eigenvalue weighted by atomic mass is 10.1. The third-order valence-electron chi connectivity index (χ3n) is 3.91. The number of nitrogens with one attached hydrogen (secondary N) is 1. The largest absolute Gasteiger partial charge is 0.381 e. The minimum atomic E-state index is 0.844. The fourth-order valence-electron chi connectivity index (χ4n) is 2.84. The molecular weight excluding hydrogens is 276 g/mol. The maximum atomic E-state index is 3.54. The summed E-state index contributed by atoms with van der Waals surface area (Å²) in [6.07, 6.45) is 2.21. The molecule has 4 aromatic rings. The normalized spacial score (nSPS) is 11.3. The topological polar surface area (TPSA) is 17.0 Å². The van der Waals surface area contributed by atoms with Crippen molar-refractivity contribution in [2.45, 2.75) is 6.54 Å². The number of hydrogen-bond donors (Lipinski definition) is 1. The van der Waals surface area contributed by atoms with Crippen LogP contribution < -0.4 is 5.32 Å². The molecule has 0 radical (unpaired) electrons. The third-order valence-corrected chi connectivity index (χ3v) is 4.81. The fourth-order valence-corrected chi connectivity index (χ4v) is 3.61. The number of anilines is 1. The number of aryl methyl sites for hydroxylation is 1. The van der Waals surface area contributed by atoms with Gasteiger partial charge in [-0.1, -0.05) is 18.2 Å². The lowest BCUT2D eigenvalue weighted by Crippen LogP contribution is -1.98. The van der Waals surface area contributed by atoms with Crippen molar-refractivity contribution in [3.63, 3.8) is 0 Å². The van der Waals surface area contributed by atoms with Crippen LogP contribution in [0.4, 0.5) is 5.69 Å². The highest BCUT2D eigenvalue weighted by Gasteiger charge is 2.05. The van der Waals surface area contributed by atoms with Crippen LogP contribution in [0.2, 0.25) is 0 Å². The first kappa shape index (κ1) is 12.5. The summed E-state index contributed by atoms with van der Waals surface area (Å²) in [6, 6.07) is 17.3. The maximum Gasteiger partial charge on any atom is 0.0481 e.